The van der Waals surface area contributed by atoms with E-state index in [9.17, 15) is 4.79 Å². The van der Waals surface area contributed by atoms with Crippen LogP contribution in [0.5, 0.6) is 5.75 Å². The summed E-state index contributed by atoms with van der Waals surface area (Å²) in [7, 11) is 0. The Kier molecular flexibility index (Phi) is 5.89. The third-order valence-corrected chi connectivity index (χ3v) is 4.69. The molecular weight excluding hydrogens is 310 g/mol. The SMILES string of the molecule is Cc1ccc([C@H](C)NC(=O)[C@@H](C)Oc2cc(C)cc(C)c2C)c(C)c1. The van der Waals surface area contributed by atoms with Crippen LogP contribution in [-0.4, -0.2) is 12.0 Å². The van der Waals surface area contributed by atoms with Gasteiger partial charge >= 0.3 is 0 Å². The molecule has 2 rings (SSSR count). The highest BCUT2D eigenvalue weighted by molar-refractivity contribution is 5.81. The van der Waals surface area contributed by atoms with Crippen LogP contribution in [0.4, 0.5) is 0 Å². The molecule has 0 aromatic heterocycles. The number of nitrogens with one attached hydrogen (secondary N) is 1. The van der Waals surface area contributed by atoms with E-state index in [1.807, 2.05) is 26.8 Å². The van der Waals surface area contributed by atoms with Gasteiger partial charge in [0.15, 0.2) is 6.10 Å². The van der Waals surface area contributed by atoms with Crippen LogP contribution in [0.1, 0.15) is 53.3 Å². The molecular formula is C22H29NO2. The average Bonchev–Trinajstić information content (AvgIpc) is 2.51. The van der Waals surface area contributed by atoms with Gasteiger partial charge in [-0.1, -0.05) is 29.8 Å². The summed E-state index contributed by atoms with van der Waals surface area (Å²) in [5, 5.41) is 3.06. The number of carbonyl (C=O) groups excluding carboxylic acids is 1. The van der Waals surface area contributed by atoms with Crippen molar-refractivity contribution in [3.05, 3.63) is 63.7 Å². The molecule has 1 amide bonds. The van der Waals surface area contributed by atoms with Gasteiger partial charge in [0.05, 0.1) is 6.04 Å². The number of rotatable bonds is 5. The van der Waals surface area contributed by atoms with Gasteiger partial charge < -0.3 is 10.1 Å². The van der Waals surface area contributed by atoms with E-state index in [2.05, 4.69) is 50.4 Å². The molecule has 0 unspecified atom stereocenters. The lowest BCUT2D eigenvalue weighted by molar-refractivity contribution is -0.127. The third kappa shape index (κ3) is 4.62. The molecule has 0 bridgehead atoms. The molecule has 0 saturated carbocycles. The van der Waals surface area contributed by atoms with Crippen molar-refractivity contribution < 1.29 is 9.53 Å². The van der Waals surface area contributed by atoms with Gasteiger partial charge in [-0.2, -0.15) is 0 Å². The molecule has 1 N–H and O–H groups in total. The topological polar surface area (TPSA) is 38.3 Å². The van der Waals surface area contributed by atoms with E-state index in [1.165, 1.54) is 16.7 Å². The summed E-state index contributed by atoms with van der Waals surface area (Å²) < 4.78 is 5.94. The molecule has 134 valence electrons. The molecule has 0 radical (unpaired) electrons. The molecule has 0 saturated heterocycles. The van der Waals surface area contributed by atoms with E-state index in [4.69, 9.17) is 4.74 Å². The van der Waals surface area contributed by atoms with Crippen molar-refractivity contribution in [2.75, 3.05) is 0 Å². The summed E-state index contributed by atoms with van der Waals surface area (Å²) in [6.45, 7) is 14.1. The van der Waals surface area contributed by atoms with Crippen LogP contribution in [-0.2, 0) is 4.79 Å². The quantitative estimate of drug-likeness (QED) is 0.843. The van der Waals surface area contributed by atoms with Gasteiger partial charge in [0.25, 0.3) is 5.91 Å². The number of hydrogen-bond acceptors (Lipinski definition) is 2. The summed E-state index contributed by atoms with van der Waals surface area (Å²) in [4.78, 5) is 12.6. The lowest BCUT2D eigenvalue weighted by Crippen LogP contribution is -2.38. The zero-order chi connectivity index (χ0) is 18.7. The van der Waals surface area contributed by atoms with Crippen LogP contribution in [0, 0.1) is 34.6 Å². The fourth-order valence-electron chi connectivity index (χ4n) is 3.09. The molecule has 3 heteroatoms. The first-order valence-corrected chi connectivity index (χ1v) is 8.81. The zero-order valence-corrected chi connectivity index (χ0v) is 16.4. The van der Waals surface area contributed by atoms with Gasteiger partial charge in [-0.05, 0) is 82.3 Å². The highest BCUT2D eigenvalue weighted by Crippen LogP contribution is 2.25. The van der Waals surface area contributed by atoms with Crippen LogP contribution in [0.25, 0.3) is 0 Å². The Labute approximate surface area is 151 Å². The van der Waals surface area contributed by atoms with Crippen LogP contribution in [0.2, 0.25) is 0 Å². The van der Waals surface area contributed by atoms with E-state index in [0.717, 1.165) is 22.4 Å². The van der Waals surface area contributed by atoms with Crippen molar-refractivity contribution in [3.63, 3.8) is 0 Å². The largest absolute Gasteiger partial charge is 0.481 e. The zero-order valence-electron chi connectivity index (χ0n) is 16.4. The Morgan fingerprint density at radius 2 is 1.56 bits per heavy atom. The smallest absolute Gasteiger partial charge is 0.261 e. The Morgan fingerprint density at radius 1 is 0.920 bits per heavy atom. The lowest BCUT2D eigenvalue weighted by atomic mass is 10.00. The van der Waals surface area contributed by atoms with Crippen molar-refractivity contribution in [1.29, 1.82) is 0 Å². The Morgan fingerprint density at radius 3 is 2.20 bits per heavy atom. The molecule has 0 spiro atoms. The first-order valence-electron chi connectivity index (χ1n) is 8.81. The maximum absolute atomic E-state index is 12.6. The second kappa shape index (κ2) is 7.73. The van der Waals surface area contributed by atoms with Crippen molar-refractivity contribution >= 4 is 5.91 Å². The predicted molar refractivity (Wildman–Crippen MR) is 103 cm³/mol. The number of ether oxygens (including phenoxy) is 1. The molecule has 3 nitrogen and oxygen atoms in total. The normalized spacial score (nSPS) is 13.2. The lowest BCUT2D eigenvalue weighted by Gasteiger charge is -2.21. The molecule has 0 aliphatic carbocycles. The average molecular weight is 339 g/mol. The number of aryl methyl sites for hydroxylation is 4. The van der Waals surface area contributed by atoms with Gasteiger partial charge in [0.2, 0.25) is 0 Å². The number of benzene rings is 2. The van der Waals surface area contributed by atoms with Crippen molar-refractivity contribution in [1.82, 2.24) is 5.32 Å². The Bertz CT molecular complexity index is 780. The minimum atomic E-state index is -0.548. The van der Waals surface area contributed by atoms with Crippen LogP contribution < -0.4 is 10.1 Å². The van der Waals surface area contributed by atoms with Gasteiger partial charge in [-0.3, -0.25) is 4.79 Å². The van der Waals surface area contributed by atoms with Gasteiger partial charge in [0, 0.05) is 0 Å². The Balaban J connectivity index is 2.07. The molecule has 2 aromatic rings. The first kappa shape index (κ1) is 19.0. The number of amides is 1. The predicted octanol–water partition coefficient (Wildman–Crippen LogP) is 4.87. The maximum atomic E-state index is 12.6. The van der Waals surface area contributed by atoms with Crippen LogP contribution in [0.15, 0.2) is 30.3 Å². The molecule has 0 aliphatic heterocycles. The minimum Gasteiger partial charge on any atom is -0.481 e. The summed E-state index contributed by atoms with van der Waals surface area (Å²) in [6, 6.07) is 10.3. The molecule has 25 heavy (non-hydrogen) atoms. The standard InChI is InChI=1S/C22H29NO2/c1-13-8-9-20(16(4)10-13)18(6)23-22(24)19(7)25-21-12-14(2)11-15(3)17(21)5/h8-12,18-19H,1-7H3,(H,23,24)/t18-,19+/m0/s1. The Hall–Kier alpha value is -2.29. The van der Waals surface area contributed by atoms with E-state index in [0.29, 0.717) is 0 Å². The van der Waals surface area contributed by atoms with Gasteiger partial charge in [-0.25, -0.2) is 0 Å². The summed E-state index contributed by atoms with van der Waals surface area (Å²) in [5.41, 5.74) is 6.93. The molecule has 2 atom stereocenters. The highest BCUT2D eigenvalue weighted by Gasteiger charge is 2.19. The molecule has 2 aromatic carbocycles. The monoisotopic (exact) mass is 339 g/mol. The van der Waals surface area contributed by atoms with Gasteiger partial charge in [0.1, 0.15) is 5.75 Å². The van der Waals surface area contributed by atoms with E-state index in [-0.39, 0.29) is 11.9 Å². The summed E-state index contributed by atoms with van der Waals surface area (Å²) in [5.74, 6) is 0.672. The third-order valence-electron chi connectivity index (χ3n) is 4.69. The van der Waals surface area contributed by atoms with Gasteiger partial charge in [-0.15, -0.1) is 0 Å². The summed E-state index contributed by atoms with van der Waals surface area (Å²) in [6.07, 6.45) is -0.548. The molecule has 0 fully saturated rings. The van der Waals surface area contributed by atoms with Crippen LogP contribution >= 0.6 is 0 Å². The number of hydrogen-bond donors (Lipinski definition) is 1. The summed E-state index contributed by atoms with van der Waals surface area (Å²) >= 11 is 0. The second-order valence-electron chi connectivity index (χ2n) is 7.06. The van der Waals surface area contributed by atoms with Crippen molar-refractivity contribution in [2.24, 2.45) is 0 Å². The van der Waals surface area contributed by atoms with Crippen molar-refractivity contribution in [3.8, 4) is 5.75 Å². The van der Waals surface area contributed by atoms with Crippen LogP contribution in [0.3, 0.4) is 0 Å². The number of carbonyl (C=O) groups is 1. The molecule has 0 heterocycles. The van der Waals surface area contributed by atoms with E-state index >= 15 is 0 Å². The second-order valence-corrected chi connectivity index (χ2v) is 7.06. The minimum absolute atomic E-state index is 0.0560. The highest BCUT2D eigenvalue weighted by atomic mass is 16.5. The van der Waals surface area contributed by atoms with E-state index < -0.39 is 6.10 Å². The first-order chi connectivity index (χ1) is 11.7. The fourth-order valence-corrected chi connectivity index (χ4v) is 3.09. The van der Waals surface area contributed by atoms with E-state index in [1.54, 1.807) is 6.92 Å². The fraction of sp³-hybridized carbons (Fsp3) is 0.409. The van der Waals surface area contributed by atoms with Crippen molar-refractivity contribution in [2.45, 2.75) is 60.6 Å². The maximum Gasteiger partial charge on any atom is 0.261 e. The molecule has 0 aliphatic rings.